The fraction of sp³-hybridized carbons (Fsp3) is 0.938. The van der Waals surface area contributed by atoms with Gasteiger partial charge in [-0.15, -0.1) is 0 Å². The first-order chi connectivity index (χ1) is 9.33. The summed E-state index contributed by atoms with van der Waals surface area (Å²) >= 11 is 0. The van der Waals surface area contributed by atoms with Gasteiger partial charge in [0.05, 0.1) is 0 Å². The Balaban J connectivity index is 2.31. The van der Waals surface area contributed by atoms with E-state index in [4.69, 9.17) is 4.74 Å². The first kappa shape index (κ1) is 17.3. The van der Waals surface area contributed by atoms with Gasteiger partial charge in [0.25, 0.3) is 0 Å². The summed E-state index contributed by atoms with van der Waals surface area (Å²) in [6, 6.07) is 0.923. The topological polar surface area (TPSA) is 41.6 Å². The lowest BCUT2D eigenvalue weighted by molar-refractivity contribution is 0.0234. The van der Waals surface area contributed by atoms with E-state index in [1.54, 1.807) is 0 Å². The summed E-state index contributed by atoms with van der Waals surface area (Å²) < 4.78 is 5.48. The lowest BCUT2D eigenvalue weighted by Gasteiger charge is -2.28. The van der Waals surface area contributed by atoms with E-state index in [1.807, 2.05) is 25.7 Å². The van der Waals surface area contributed by atoms with Gasteiger partial charge in [0.1, 0.15) is 5.60 Å². The van der Waals surface area contributed by atoms with E-state index in [0.29, 0.717) is 12.1 Å². The summed E-state index contributed by atoms with van der Waals surface area (Å²) in [7, 11) is 0. The first-order valence-electron chi connectivity index (χ1n) is 8.06. The van der Waals surface area contributed by atoms with E-state index in [2.05, 4.69) is 19.2 Å². The molecule has 1 atom stereocenters. The average molecular weight is 284 g/mol. The molecular weight excluding hydrogens is 252 g/mol. The van der Waals surface area contributed by atoms with E-state index in [-0.39, 0.29) is 6.09 Å². The fourth-order valence-electron chi connectivity index (χ4n) is 2.17. The molecular formula is C16H32N2O2. The number of unbranched alkanes of at least 4 members (excludes halogenated alkanes) is 1. The Labute approximate surface area is 124 Å². The number of carbonyl (C=O) groups excluding carboxylic acids is 1. The van der Waals surface area contributed by atoms with E-state index in [1.165, 1.54) is 19.3 Å². The van der Waals surface area contributed by atoms with Crippen LogP contribution < -0.4 is 5.32 Å². The Morgan fingerprint density at radius 3 is 2.55 bits per heavy atom. The Morgan fingerprint density at radius 1 is 1.40 bits per heavy atom. The zero-order chi connectivity index (χ0) is 15.2. The number of amides is 1. The molecule has 0 heterocycles. The van der Waals surface area contributed by atoms with Crippen LogP contribution in [0.15, 0.2) is 0 Å². The molecule has 0 aliphatic heterocycles. The van der Waals surface area contributed by atoms with Crippen molar-refractivity contribution in [3.63, 3.8) is 0 Å². The van der Waals surface area contributed by atoms with Crippen molar-refractivity contribution >= 4 is 6.09 Å². The normalized spacial score (nSPS) is 16.9. The standard InChI is InChI=1S/C16H32N2O2/c1-6-7-8-13(2)17-11-12-18(14-9-10-14)15(19)20-16(3,4)5/h13-14,17H,6-12H2,1-5H3. The van der Waals surface area contributed by atoms with Crippen LogP contribution >= 0.6 is 0 Å². The first-order valence-corrected chi connectivity index (χ1v) is 8.06. The Kier molecular flexibility index (Phi) is 6.80. The second kappa shape index (κ2) is 7.87. The molecule has 1 aliphatic carbocycles. The predicted octanol–water partition coefficient (Wildman–Crippen LogP) is 3.55. The van der Waals surface area contributed by atoms with Gasteiger partial charge in [-0.1, -0.05) is 19.8 Å². The van der Waals surface area contributed by atoms with Crippen LogP contribution in [0.25, 0.3) is 0 Å². The number of nitrogens with one attached hydrogen (secondary N) is 1. The molecule has 1 amide bonds. The molecule has 4 heteroatoms. The minimum atomic E-state index is -0.411. The van der Waals surface area contributed by atoms with Crippen LogP contribution in [0.2, 0.25) is 0 Å². The minimum Gasteiger partial charge on any atom is -0.444 e. The van der Waals surface area contributed by atoms with Crippen LogP contribution in [0, 0.1) is 0 Å². The van der Waals surface area contributed by atoms with Gasteiger partial charge in [-0.3, -0.25) is 0 Å². The number of carbonyl (C=O) groups is 1. The minimum absolute atomic E-state index is 0.164. The zero-order valence-electron chi connectivity index (χ0n) is 13.9. The number of hydrogen-bond acceptors (Lipinski definition) is 3. The molecule has 20 heavy (non-hydrogen) atoms. The highest BCUT2D eigenvalue weighted by Gasteiger charge is 2.34. The van der Waals surface area contributed by atoms with Crippen LogP contribution in [0.3, 0.4) is 0 Å². The Bertz CT molecular complexity index is 295. The summed E-state index contributed by atoms with van der Waals surface area (Å²) in [5.41, 5.74) is -0.411. The van der Waals surface area contributed by atoms with Gasteiger partial charge in [-0.2, -0.15) is 0 Å². The van der Waals surface area contributed by atoms with E-state index in [9.17, 15) is 4.79 Å². The molecule has 1 unspecified atom stereocenters. The largest absolute Gasteiger partial charge is 0.444 e. The predicted molar refractivity (Wildman–Crippen MR) is 83.0 cm³/mol. The molecule has 1 aliphatic rings. The van der Waals surface area contributed by atoms with Gasteiger partial charge in [-0.25, -0.2) is 4.79 Å². The van der Waals surface area contributed by atoms with Gasteiger partial charge in [-0.05, 0) is 47.0 Å². The summed E-state index contributed by atoms with van der Waals surface area (Å²) in [6.07, 6.45) is 5.76. The summed E-state index contributed by atoms with van der Waals surface area (Å²) in [5.74, 6) is 0. The molecule has 1 rings (SSSR count). The molecule has 118 valence electrons. The quantitative estimate of drug-likeness (QED) is 0.741. The lowest BCUT2D eigenvalue weighted by atomic mass is 10.1. The molecule has 0 saturated heterocycles. The smallest absolute Gasteiger partial charge is 0.410 e. The van der Waals surface area contributed by atoms with Crippen molar-refractivity contribution in [2.75, 3.05) is 13.1 Å². The third-order valence-electron chi connectivity index (χ3n) is 3.45. The number of nitrogens with zero attached hydrogens (tertiary/aromatic N) is 1. The van der Waals surface area contributed by atoms with Crippen LogP contribution in [0.1, 0.15) is 66.7 Å². The van der Waals surface area contributed by atoms with Crippen molar-refractivity contribution in [2.24, 2.45) is 0 Å². The Hall–Kier alpha value is -0.770. The number of hydrogen-bond donors (Lipinski definition) is 1. The molecule has 1 N–H and O–H groups in total. The summed E-state index contributed by atoms with van der Waals surface area (Å²) in [6.45, 7) is 11.8. The maximum atomic E-state index is 12.2. The summed E-state index contributed by atoms with van der Waals surface area (Å²) in [4.78, 5) is 14.1. The summed E-state index contributed by atoms with van der Waals surface area (Å²) in [5, 5.41) is 3.50. The monoisotopic (exact) mass is 284 g/mol. The third-order valence-corrected chi connectivity index (χ3v) is 3.45. The van der Waals surface area contributed by atoms with Crippen molar-refractivity contribution < 1.29 is 9.53 Å². The highest BCUT2D eigenvalue weighted by atomic mass is 16.6. The maximum Gasteiger partial charge on any atom is 0.410 e. The van der Waals surface area contributed by atoms with Gasteiger partial charge >= 0.3 is 6.09 Å². The fourth-order valence-corrected chi connectivity index (χ4v) is 2.17. The van der Waals surface area contributed by atoms with Crippen molar-refractivity contribution in [3.8, 4) is 0 Å². The van der Waals surface area contributed by atoms with Crippen LogP contribution in [0.5, 0.6) is 0 Å². The number of rotatable bonds is 8. The molecule has 1 saturated carbocycles. The van der Waals surface area contributed by atoms with E-state index < -0.39 is 5.60 Å². The van der Waals surface area contributed by atoms with Crippen LogP contribution in [-0.2, 0) is 4.74 Å². The highest BCUT2D eigenvalue weighted by molar-refractivity contribution is 5.69. The van der Waals surface area contributed by atoms with Gasteiger partial charge in [0.2, 0.25) is 0 Å². The van der Waals surface area contributed by atoms with E-state index >= 15 is 0 Å². The van der Waals surface area contributed by atoms with Crippen molar-refractivity contribution in [1.29, 1.82) is 0 Å². The molecule has 4 nitrogen and oxygen atoms in total. The molecule has 1 fully saturated rings. The highest BCUT2D eigenvalue weighted by Crippen LogP contribution is 2.28. The van der Waals surface area contributed by atoms with Crippen LogP contribution in [-0.4, -0.2) is 41.8 Å². The van der Waals surface area contributed by atoms with Gasteiger partial charge < -0.3 is 15.0 Å². The zero-order valence-corrected chi connectivity index (χ0v) is 13.9. The SMILES string of the molecule is CCCCC(C)NCCN(C(=O)OC(C)(C)C)C1CC1. The second-order valence-electron chi connectivity index (χ2n) is 6.90. The lowest BCUT2D eigenvalue weighted by Crippen LogP contribution is -2.43. The molecule has 0 aromatic carbocycles. The van der Waals surface area contributed by atoms with E-state index in [0.717, 1.165) is 25.9 Å². The van der Waals surface area contributed by atoms with Gasteiger partial charge in [0.15, 0.2) is 0 Å². The second-order valence-corrected chi connectivity index (χ2v) is 6.90. The molecule has 0 radical (unpaired) electrons. The molecule has 0 aromatic heterocycles. The molecule has 0 bridgehead atoms. The average Bonchev–Trinajstić information content (AvgIpc) is 3.13. The van der Waals surface area contributed by atoms with Crippen molar-refractivity contribution in [3.05, 3.63) is 0 Å². The van der Waals surface area contributed by atoms with Crippen LogP contribution in [0.4, 0.5) is 4.79 Å². The Morgan fingerprint density at radius 2 is 2.05 bits per heavy atom. The maximum absolute atomic E-state index is 12.2. The molecule has 0 spiro atoms. The van der Waals surface area contributed by atoms with Crippen molar-refractivity contribution in [2.45, 2.75) is 84.4 Å². The van der Waals surface area contributed by atoms with Crippen molar-refractivity contribution in [1.82, 2.24) is 10.2 Å². The number of ether oxygens (including phenoxy) is 1. The van der Waals surface area contributed by atoms with Gasteiger partial charge in [0, 0.05) is 25.2 Å². The third kappa shape index (κ3) is 7.13. The molecule has 0 aromatic rings.